The molecule has 0 aromatic heterocycles. The Morgan fingerprint density at radius 2 is 1.62 bits per heavy atom. The number of carbonyl (C=O) groups excluding carboxylic acids is 1. The zero-order valence-corrected chi connectivity index (χ0v) is 13.0. The smallest absolute Gasteiger partial charge is 0.352 e. The van der Waals surface area contributed by atoms with E-state index < -0.39 is 30.0 Å². The van der Waals surface area contributed by atoms with E-state index in [9.17, 15) is 19.8 Å². The summed E-state index contributed by atoms with van der Waals surface area (Å²) in [5.41, 5.74) is -1.18. The quantitative estimate of drug-likeness (QED) is 0.490. The monoisotopic (exact) mass is 326 g/mol. The van der Waals surface area contributed by atoms with Gasteiger partial charge in [-0.25, -0.2) is 4.79 Å². The lowest BCUT2D eigenvalue weighted by Crippen LogP contribution is -2.38. The summed E-state index contributed by atoms with van der Waals surface area (Å²) in [7, 11) is 0. The first kappa shape index (κ1) is 17.2. The Bertz CT molecular complexity index is 743. The number of hydrogen-bond donors (Lipinski definition) is 1. The fraction of sp³-hybridized carbons (Fsp3) is 0.167. The van der Waals surface area contributed by atoms with Crippen molar-refractivity contribution in [2.75, 3.05) is 6.54 Å². The second kappa shape index (κ2) is 7.41. The van der Waals surface area contributed by atoms with Gasteiger partial charge in [-0.05, 0) is 18.4 Å². The summed E-state index contributed by atoms with van der Waals surface area (Å²) >= 11 is 0. The number of hydrogen-bond acceptors (Lipinski definition) is 5. The molecule has 0 heterocycles. The molecule has 0 spiro atoms. The molecular weight excluding hydrogens is 310 g/mol. The van der Waals surface area contributed by atoms with Crippen LogP contribution in [0.15, 0.2) is 65.7 Å². The van der Waals surface area contributed by atoms with Gasteiger partial charge in [-0.3, -0.25) is 9.79 Å². The minimum atomic E-state index is -1.84. The predicted molar refractivity (Wildman–Crippen MR) is 85.4 cm³/mol. The van der Waals surface area contributed by atoms with Gasteiger partial charge in [0.2, 0.25) is 5.60 Å². The third-order valence-electron chi connectivity index (χ3n) is 3.42. The first-order chi connectivity index (χ1) is 11.4. The molecule has 0 saturated heterocycles. The largest absolute Gasteiger partial charge is 0.858 e. The Hall–Kier alpha value is -3.15. The minimum Gasteiger partial charge on any atom is -0.858 e. The van der Waals surface area contributed by atoms with Crippen LogP contribution in [0.25, 0.3) is 0 Å². The van der Waals surface area contributed by atoms with Crippen LogP contribution < -0.4 is 5.11 Å². The average Bonchev–Trinajstić information content (AvgIpc) is 2.61. The fourth-order valence-electron chi connectivity index (χ4n) is 2.05. The van der Waals surface area contributed by atoms with Gasteiger partial charge in [-0.1, -0.05) is 60.7 Å². The van der Waals surface area contributed by atoms with Crippen molar-refractivity contribution >= 4 is 17.8 Å². The predicted octanol–water partition coefficient (Wildman–Crippen LogP) is 1.34. The number of esters is 1. The summed E-state index contributed by atoms with van der Waals surface area (Å²) in [5.74, 6) is -2.77. The molecule has 2 aromatic carbocycles. The van der Waals surface area contributed by atoms with Crippen molar-refractivity contribution in [2.45, 2.75) is 12.5 Å². The topological polar surface area (TPSA) is 99.0 Å². The van der Waals surface area contributed by atoms with Crippen molar-refractivity contribution in [3.63, 3.8) is 0 Å². The van der Waals surface area contributed by atoms with Gasteiger partial charge >= 0.3 is 11.9 Å². The highest BCUT2D eigenvalue weighted by Crippen LogP contribution is 2.25. The molecule has 2 rings (SSSR count). The molecule has 0 saturated carbocycles. The highest BCUT2D eigenvalue weighted by Gasteiger charge is 2.39. The van der Waals surface area contributed by atoms with Crippen molar-refractivity contribution in [1.82, 2.24) is 0 Å². The Labute approximate surface area is 139 Å². The van der Waals surface area contributed by atoms with Gasteiger partial charge in [-0.2, -0.15) is 0 Å². The van der Waals surface area contributed by atoms with E-state index in [1.165, 1.54) is 6.92 Å². The number of carboxylic acids is 1. The molecular formula is C18H16NO5-. The van der Waals surface area contributed by atoms with Crippen molar-refractivity contribution in [3.8, 4) is 0 Å². The molecule has 0 radical (unpaired) electrons. The van der Waals surface area contributed by atoms with Gasteiger partial charge in [-0.15, -0.1) is 0 Å². The van der Waals surface area contributed by atoms with Crippen LogP contribution in [-0.2, 0) is 19.9 Å². The van der Waals surface area contributed by atoms with E-state index in [0.717, 1.165) is 0 Å². The zero-order valence-electron chi connectivity index (χ0n) is 13.0. The second-order valence-electron chi connectivity index (χ2n) is 5.17. The van der Waals surface area contributed by atoms with E-state index in [-0.39, 0.29) is 0 Å². The fourth-order valence-corrected chi connectivity index (χ4v) is 2.05. The van der Waals surface area contributed by atoms with Crippen molar-refractivity contribution in [1.29, 1.82) is 0 Å². The van der Waals surface area contributed by atoms with Crippen LogP contribution in [0, 0.1) is 0 Å². The summed E-state index contributed by atoms with van der Waals surface area (Å²) < 4.78 is 5.09. The molecule has 0 fully saturated rings. The number of rotatable bonds is 6. The molecule has 124 valence electrons. The number of aliphatic carboxylic acids is 1. The SMILES string of the molecule is CC(OC(=O)CN=C([O-])c1ccccc1)(C(=O)O)c1ccccc1. The summed E-state index contributed by atoms with van der Waals surface area (Å²) in [5, 5.41) is 21.2. The van der Waals surface area contributed by atoms with Crippen LogP contribution in [-0.4, -0.2) is 29.5 Å². The number of carbonyl (C=O) groups is 2. The van der Waals surface area contributed by atoms with Crippen LogP contribution >= 0.6 is 0 Å². The van der Waals surface area contributed by atoms with Gasteiger partial charge in [0.15, 0.2) is 0 Å². The molecule has 0 amide bonds. The van der Waals surface area contributed by atoms with Crippen LogP contribution in [0.5, 0.6) is 0 Å². The van der Waals surface area contributed by atoms with E-state index >= 15 is 0 Å². The summed E-state index contributed by atoms with van der Waals surface area (Å²) in [4.78, 5) is 27.1. The first-order valence-corrected chi connectivity index (χ1v) is 7.21. The summed E-state index contributed by atoms with van der Waals surface area (Å²) in [6.45, 7) is 0.727. The molecule has 1 N–H and O–H groups in total. The average molecular weight is 326 g/mol. The van der Waals surface area contributed by atoms with Crippen LogP contribution in [0.1, 0.15) is 18.1 Å². The Kier molecular flexibility index (Phi) is 5.31. The van der Waals surface area contributed by atoms with Crippen LogP contribution in [0.3, 0.4) is 0 Å². The van der Waals surface area contributed by atoms with Gasteiger partial charge < -0.3 is 14.9 Å². The molecule has 0 aliphatic heterocycles. The zero-order chi connectivity index (χ0) is 17.6. The maximum absolute atomic E-state index is 11.9. The lowest BCUT2D eigenvalue weighted by Gasteiger charge is -2.25. The minimum absolute atomic E-state index is 0.320. The molecule has 0 aliphatic carbocycles. The first-order valence-electron chi connectivity index (χ1n) is 7.21. The van der Waals surface area contributed by atoms with Gasteiger partial charge in [0.25, 0.3) is 0 Å². The Morgan fingerprint density at radius 3 is 2.17 bits per heavy atom. The maximum Gasteiger partial charge on any atom is 0.352 e. The van der Waals surface area contributed by atoms with Crippen LogP contribution in [0.2, 0.25) is 0 Å². The molecule has 0 aliphatic rings. The molecule has 24 heavy (non-hydrogen) atoms. The molecule has 2 aromatic rings. The van der Waals surface area contributed by atoms with Crippen molar-refractivity contribution in [2.24, 2.45) is 4.99 Å². The third kappa shape index (κ3) is 3.98. The molecule has 6 nitrogen and oxygen atoms in total. The van der Waals surface area contributed by atoms with E-state index in [4.69, 9.17) is 4.74 Å². The molecule has 1 atom stereocenters. The van der Waals surface area contributed by atoms with Gasteiger partial charge in [0, 0.05) is 5.56 Å². The number of ether oxygens (including phenoxy) is 1. The Morgan fingerprint density at radius 1 is 1.08 bits per heavy atom. The van der Waals surface area contributed by atoms with E-state index in [1.807, 2.05) is 0 Å². The molecule has 6 heteroatoms. The lowest BCUT2D eigenvalue weighted by atomic mass is 9.96. The highest BCUT2D eigenvalue weighted by molar-refractivity contribution is 5.92. The maximum atomic E-state index is 11.9. The summed E-state index contributed by atoms with van der Waals surface area (Å²) in [6.07, 6.45) is 0. The second-order valence-corrected chi connectivity index (χ2v) is 5.17. The summed E-state index contributed by atoms with van der Waals surface area (Å²) in [6, 6.07) is 16.4. The number of nitrogens with zero attached hydrogens (tertiary/aromatic N) is 1. The van der Waals surface area contributed by atoms with E-state index in [1.54, 1.807) is 60.7 Å². The van der Waals surface area contributed by atoms with Crippen molar-refractivity contribution < 1.29 is 24.5 Å². The molecule has 0 bridgehead atoms. The number of carboxylic acid groups (broad SMARTS) is 1. The van der Waals surface area contributed by atoms with Crippen molar-refractivity contribution in [3.05, 3.63) is 71.8 Å². The third-order valence-corrected chi connectivity index (χ3v) is 3.42. The lowest BCUT2D eigenvalue weighted by molar-refractivity contribution is -0.213. The van der Waals surface area contributed by atoms with E-state index in [0.29, 0.717) is 11.1 Å². The molecule has 1 unspecified atom stereocenters. The Balaban J connectivity index is 2.11. The standard InChI is InChI=1S/C18H17NO5/c1-18(17(22)23,14-10-6-3-7-11-14)24-15(20)12-19-16(21)13-8-4-2-5-9-13/h2-11H,12H2,1H3,(H,19,21)(H,22,23)/p-1. The van der Waals surface area contributed by atoms with E-state index in [2.05, 4.69) is 4.99 Å². The van der Waals surface area contributed by atoms with Gasteiger partial charge in [0.05, 0.1) is 0 Å². The number of aliphatic imine (C=N–C) groups is 1. The number of benzene rings is 2. The van der Waals surface area contributed by atoms with Gasteiger partial charge in [0.1, 0.15) is 6.54 Å². The highest BCUT2D eigenvalue weighted by atomic mass is 16.6. The van der Waals surface area contributed by atoms with Crippen LogP contribution in [0.4, 0.5) is 0 Å². The normalized spacial score (nSPS) is 13.8.